The fourth-order valence-corrected chi connectivity index (χ4v) is 5.52. The van der Waals surface area contributed by atoms with Gasteiger partial charge in [-0.15, -0.1) is 11.3 Å². The summed E-state index contributed by atoms with van der Waals surface area (Å²) in [5, 5.41) is 24.2. The van der Waals surface area contributed by atoms with Crippen molar-refractivity contribution in [1.82, 2.24) is 4.98 Å². The van der Waals surface area contributed by atoms with Crippen molar-refractivity contribution in [3.63, 3.8) is 0 Å². The molecule has 0 aliphatic rings. The van der Waals surface area contributed by atoms with Crippen LogP contribution in [0, 0.1) is 10.1 Å². The van der Waals surface area contributed by atoms with Gasteiger partial charge in [0.2, 0.25) is 6.54 Å². The Hall–Kier alpha value is -2.69. The van der Waals surface area contributed by atoms with Crippen LogP contribution in [-0.4, -0.2) is 49.8 Å². The maximum atomic E-state index is 11.0. The molecule has 1 aromatic heterocycles. The summed E-state index contributed by atoms with van der Waals surface area (Å²) < 4.78 is 28.6. The Kier molecular flexibility index (Phi) is 11.1. The van der Waals surface area contributed by atoms with Gasteiger partial charge in [0.25, 0.3) is 0 Å². The summed E-state index contributed by atoms with van der Waals surface area (Å²) in [5.74, 6) is -0.927. The molecular weight excluding hydrogens is 573 g/mol. The van der Waals surface area contributed by atoms with E-state index in [2.05, 4.69) is 17.2 Å². The molecule has 1 heterocycles. The number of rotatable bonds is 9. The first-order valence-electron chi connectivity index (χ1n) is 10.9. The van der Waals surface area contributed by atoms with Gasteiger partial charge in [-0.3, -0.25) is 10.1 Å². The number of aryl methyl sites for hydroxylation is 1. The molecular formula is C23H27AsClN3O7S. The van der Waals surface area contributed by atoms with Crippen LogP contribution in [-0.2, 0) is 15.0 Å². The number of carbonyl (C=O) groups excluding carboxylic acids is 1. The standard InChI is InChI=1S/C15H17ClN2O2S.C8H10AsNO5/c1-2-3-4-15-17-9-14(21-15)13(10-18(19)20)11-5-7-12(16)8-6-11;1-5(11)10-7-4-6(9(13,14)15)2-3-8(7)12/h5-9,13H,2-4,10H2,1H3;2-4,12H,1H3,(H,10,11)(H2,13,14,15). The number of nitrogens with zero attached hydrogens (tertiary/aromatic N) is 2. The van der Waals surface area contributed by atoms with E-state index in [0.29, 0.717) is 5.02 Å². The van der Waals surface area contributed by atoms with E-state index in [4.69, 9.17) is 19.8 Å². The summed E-state index contributed by atoms with van der Waals surface area (Å²) in [6.07, 6.45) is 4.92. The average molecular weight is 600 g/mol. The maximum absolute atomic E-state index is 11.0. The first kappa shape index (κ1) is 29.5. The number of phenolic OH excluding ortho intramolecular Hbond substituents is 1. The number of nitrogens with one attached hydrogen (secondary N) is 1. The van der Waals surface area contributed by atoms with Crippen LogP contribution in [0.2, 0.25) is 5.02 Å². The largest absolute Gasteiger partial charge is 0.265 e. The molecule has 1 amide bonds. The van der Waals surface area contributed by atoms with Crippen molar-refractivity contribution in [2.24, 2.45) is 0 Å². The summed E-state index contributed by atoms with van der Waals surface area (Å²) in [5.41, 5.74) is 0.895. The van der Waals surface area contributed by atoms with Crippen LogP contribution in [0.4, 0.5) is 5.69 Å². The molecule has 0 aliphatic heterocycles. The first-order chi connectivity index (χ1) is 16.9. The van der Waals surface area contributed by atoms with Gasteiger partial charge in [0.15, 0.2) is 0 Å². The number of carbonyl (C=O) groups is 1. The number of thiazole rings is 1. The molecule has 0 fully saturated rings. The molecule has 1 atom stereocenters. The second-order valence-electron chi connectivity index (χ2n) is 7.81. The average Bonchev–Trinajstić information content (AvgIpc) is 3.26. The number of hydrogen-bond acceptors (Lipinski definition) is 7. The molecule has 13 heteroatoms. The summed E-state index contributed by atoms with van der Waals surface area (Å²) in [6, 6.07) is 10.5. The van der Waals surface area contributed by atoms with Crippen LogP contribution in [0.15, 0.2) is 48.7 Å². The zero-order valence-corrected chi connectivity index (χ0v) is 23.1. The summed E-state index contributed by atoms with van der Waals surface area (Å²) in [4.78, 5) is 26.7. The van der Waals surface area contributed by atoms with Crippen LogP contribution < -0.4 is 9.67 Å². The number of benzene rings is 2. The van der Waals surface area contributed by atoms with E-state index in [0.717, 1.165) is 52.9 Å². The number of phenols is 1. The van der Waals surface area contributed by atoms with Crippen molar-refractivity contribution >= 4 is 53.1 Å². The smallest absolute Gasteiger partial charge is 0.215 e. The normalized spacial score (nSPS) is 11.8. The molecule has 10 nitrogen and oxygen atoms in total. The molecule has 3 rings (SSSR count). The van der Waals surface area contributed by atoms with E-state index in [-0.39, 0.29) is 33.2 Å². The number of aromatic hydroxyl groups is 1. The number of amides is 1. The maximum Gasteiger partial charge on any atom is 0.215 e. The summed E-state index contributed by atoms with van der Waals surface area (Å²) >= 11 is 2.48. The SMILES string of the molecule is CC(=O)Nc1cc([As](=O)(O)O)ccc1O.CCCCc1ncc(C(C[N+](=O)[O-])c2ccc(Cl)cc2)s1. The molecule has 0 aliphatic carbocycles. The molecule has 0 radical (unpaired) electrons. The van der Waals surface area contributed by atoms with Crippen LogP contribution in [0.5, 0.6) is 5.75 Å². The molecule has 0 spiro atoms. The van der Waals surface area contributed by atoms with Crippen LogP contribution >= 0.6 is 22.9 Å². The minimum absolute atomic E-state index is 0.00951. The minimum atomic E-state index is -4.98. The predicted molar refractivity (Wildman–Crippen MR) is 139 cm³/mol. The molecule has 0 saturated carbocycles. The van der Waals surface area contributed by atoms with Crippen molar-refractivity contribution in [2.75, 3.05) is 11.9 Å². The number of hydrogen-bond donors (Lipinski definition) is 4. The summed E-state index contributed by atoms with van der Waals surface area (Å²) in [7, 11) is 0. The molecule has 0 bridgehead atoms. The summed E-state index contributed by atoms with van der Waals surface area (Å²) in [6.45, 7) is 3.24. The zero-order chi connectivity index (χ0) is 26.9. The third kappa shape index (κ3) is 9.40. The second kappa shape index (κ2) is 13.6. The van der Waals surface area contributed by atoms with Gasteiger partial charge in [-0.2, -0.15) is 0 Å². The van der Waals surface area contributed by atoms with Crippen molar-refractivity contribution < 1.29 is 26.8 Å². The van der Waals surface area contributed by atoms with Gasteiger partial charge < -0.3 is 0 Å². The molecule has 36 heavy (non-hydrogen) atoms. The van der Waals surface area contributed by atoms with Gasteiger partial charge >= 0.3 is 88.1 Å². The van der Waals surface area contributed by atoms with Crippen molar-refractivity contribution in [3.05, 3.63) is 79.2 Å². The monoisotopic (exact) mass is 599 g/mol. The van der Waals surface area contributed by atoms with E-state index in [1.807, 2.05) is 12.1 Å². The topological polar surface area (TPSA) is 163 Å². The Morgan fingerprint density at radius 1 is 1.25 bits per heavy atom. The van der Waals surface area contributed by atoms with Gasteiger partial charge in [-0.05, 0) is 30.5 Å². The van der Waals surface area contributed by atoms with Crippen molar-refractivity contribution in [2.45, 2.75) is 39.0 Å². The molecule has 194 valence electrons. The number of aromatic nitrogens is 1. The molecule has 2 aromatic carbocycles. The van der Waals surface area contributed by atoms with Gasteiger partial charge in [-0.1, -0.05) is 37.1 Å². The Bertz CT molecular complexity index is 1230. The number of anilines is 1. The number of unbranched alkanes of at least 4 members (excludes halogenated alkanes) is 1. The Labute approximate surface area is 220 Å². The predicted octanol–water partition coefficient (Wildman–Crippen LogP) is 3.46. The van der Waals surface area contributed by atoms with E-state index in [1.165, 1.54) is 6.92 Å². The zero-order valence-electron chi connectivity index (χ0n) is 19.6. The third-order valence-corrected chi connectivity index (χ3v) is 8.31. The van der Waals surface area contributed by atoms with Crippen molar-refractivity contribution in [1.29, 1.82) is 0 Å². The van der Waals surface area contributed by atoms with Gasteiger partial charge in [-0.25, -0.2) is 4.98 Å². The van der Waals surface area contributed by atoms with Crippen LogP contribution in [0.1, 0.15) is 48.1 Å². The van der Waals surface area contributed by atoms with E-state index < -0.39 is 20.1 Å². The molecule has 1 unspecified atom stereocenters. The van der Waals surface area contributed by atoms with E-state index >= 15 is 0 Å². The Morgan fingerprint density at radius 2 is 1.92 bits per heavy atom. The van der Waals surface area contributed by atoms with Crippen LogP contribution in [0.25, 0.3) is 0 Å². The van der Waals surface area contributed by atoms with E-state index in [9.17, 15) is 23.8 Å². The third-order valence-electron chi connectivity index (χ3n) is 4.89. The quantitative estimate of drug-likeness (QED) is 0.126. The van der Waals surface area contributed by atoms with Crippen LogP contribution in [0.3, 0.4) is 0 Å². The second-order valence-corrected chi connectivity index (χ2v) is 12.8. The number of halogens is 1. The first-order valence-corrected chi connectivity index (χ1v) is 15.5. The Balaban J connectivity index is 0.000000269. The Morgan fingerprint density at radius 3 is 2.47 bits per heavy atom. The van der Waals surface area contributed by atoms with E-state index in [1.54, 1.807) is 29.7 Å². The molecule has 4 N–H and O–H groups in total. The van der Waals surface area contributed by atoms with Gasteiger partial charge in [0, 0.05) is 21.0 Å². The van der Waals surface area contributed by atoms with Gasteiger partial charge in [0.1, 0.15) is 0 Å². The fourth-order valence-electron chi connectivity index (χ4n) is 3.13. The molecule has 3 aromatic rings. The van der Waals surface area contributed by atoms with Crippen molar-refractivity contribution in [3.8, 4) is 5.75 Å². The fraction of sp³-hybridized carbons (Fsp3) is 0.304. The minimum Gasteiger partial charge on any atom is -0.265 e. The van der Waals surface area contributed by atoms with Gasteiger partial charge in [0.05, 0.1) is 10.9 Å². The number of nitro groups is 1. The molecule has 0 saturated heterocycles.